The topological polar surface area (TPSA) is 64.3 Å². The Kier molecular flexibility index (Phi) is 6.83. The standard InChI is InChI=1S/C23H33N5O/c29-23(28-15-7-10-21(18-28)22-11-12-25-26-22)24-16-19-8-3-4-9-20(19)17-27-13-5-1-2-6-14-27/h3-4,8-9,11-12,21H,1-2,5-7,10,13-18H2,(H,24,29)(H,25,26). The first-order valence-electron chi connectivity index (χ1n) is 11.1. The zero-order valence-corrected chi connectivity index (χ0v) is 17.3. The predicted octanol–water partition coefficient (Wildman–Crippen LogP) is 3.87. The molecule has 1 atom stereocenters. The first kappa shape index (κ1) is 20.0. The van der Waals surface area contributed by atoms with Crippen LogP contribution in [0.4, 0.5) is 4.79 Å². The molecular formula is C23H33N5O. The van der Waals surface area contributed by atoms with Gasteiger partial charge in [0, 0.05) is 44.0 Å². The van der Waals surface area contributed by atoms with E-state index in [4.69, 9.17) is 0 Å². The summed E-state index contributed by atoms with van der Waals surface area (Å²) < 4.78 is 0. The Morgan fingerprint density at radius 3 is 2.59 bits per heavy atom. The van der Waals surface area contributed by atoms with Crippen LogP contribution in [-0.4, -0.2) is 52.2 Å². The lowest BCUT2D eigenvalue weighted by Crippen LogP contribution is -2.44. The molecule has 1 aromatic carbocycles. The smallest absolute Gasteiger partial charge is 0.317 e. The van der Waals surface area contributed by atoms with E-state index >= 15 is 0 Å². The lowest BCUT2D eigenvalue weighted by Gasteiger charge is -2.32. The number of benzene rings is 1. The molecule has 0 spiro atoms. The Labute approximate surface area is 173 Å². The monoisotopic (exact) mass is 395 g/mol. The zero-order chi connectivity index (χ0) is 19.9. The highest BCUT2D eigenvalue weighted by Gasteiger charge is 2.25. The van der Waals surface area contributed by atoms with E-state index in [-0.39, 0.29) is 6.03 Å². The number of hydrogen-bond donors (Lipinski definition) is 2. The number of likely N-dealkylation sites (tertiary alicyclic amines) is 2. The van der Waals surface area contributed by atoms with Crippen LogP contribution in [0.15, 0.2) is 36.5 Å². The number of hydrogen-bond acceptors (Lipinski definition) is 3. The number of nitrogens with one attached hydrogen (secondary N) is 2. The third-order valence-corrected chi connectivity index (χ3v) is 6.31. The number of carbonyl (C=O) groups is 1. The van der Waals surface area contributed by atoms with Crippen LogP contribution < -0.4 is 5.32 Å². The van der Waals surface area contributed by atoms with Gasteiger partial charge in [-0.15, -0.1) is 0 Å². The number of aromatic amines is 1. The molecule has 29 heavy (non-hydrogen) atoms. The van der Waals surface area contributed by atoms with Crippen molar-refractivity contribution in [3.05, 3.63) is 53.3 Å². The second kappa shape index (κ2) is 9.92. The molecule has 0 radical (unpaired) electrons. The summed E-state index contributed by atoms with van der Waals surface area (Å²) >= 11 is 0. The maximum absolute atomic E-state index is 12.8. The second-order valence-corrected chi connectivity index (χ2v) is 8.41. The largest absolute Gasteiger partial charge is 0.334 e. The molecule has 2 N–H and O–H groups in total. The van der Waals surface area contributed by atoms with Crippen LogP contribution in [0, 0.1) is 0 Å². The van der Waals surface area contributed by atoms with E-state index in [0.29, 0.717) is 12.5 Å². The normalized spacial score (nSPS) is 21.0. The van der Waals surface area contributed by atoms with Crippen LogP contribution in [0.5, 0.6) is 0 Å². The van der Waals surface area contributed by atoms with Gasteiger partial charge < -0.3 is 10.2 Å². The molecule has 2 aromatic rings. The van der Waals surface area contributed by atoms with Gasteiger partial charge >= 0.3 is 6.03 Å². The molecule has 0 saturated carbocycles. The van der Waals surface area contributed by atoms with E-state index in [1.54, 1.807) is 6.20 Å². The maximum Gasteiger partial charge on any atom is 0.317 e. The minimum atomic E-state index is 0.0405. The molecular weight excluding hydrogens is 362 g/mol. The van der Waals surface area contributed by atoms with Crippen molar-refractivity contribution in [2.45, 2.75) is 57.5 Å². The summed E-state index contributed by atoms with van der Waals surface area (Å²) in [4.78, 5) is 17.3. The van der Waals surface area contributed by atoms with E-state index in [2.05, 4.69) is 44.7 Å². The predicted molar refractivity (Wildman–Crippen MR) is 115 cm³/mol. The van der Waals surface area contributed by atoms with Crippen molar-refractivity contribution in [3.8, 4) is 0 Å². The summed E-state index contributed by atoms with van der Waals surface area (Å²) in [6.45, 7) is 5.52. The lowest BCUT2D eigenvalue weighted by molar-refractivity contribution is 0.178. The van der Waals surface area contributed by atoms with Crippen molar-refractivity contribution < 1.29 is 4.79 Å². The van der Waals surface area contributed by atoms with Crippen LogP contribution in [-0.2, 0) is 13.1 Å². The Morgan fingerprint density at radius 1 is 1.03 bits per heavy atom. The molecule has 2 amide bonds. The third kappa shape index (κ3) is 5.38. The molecule has 2 aliphatic heterocycles. The average molecular weight is 396 g/mol. The molecule has 156 valence electrons. The summed E-state index contributed by atoms with van der Waals surface area (Å²) in [6.07, 6.45) is 9.22. The summed E-state index contributed by atoms with van der Waals surface area (Å²) in [7, 11) is 0. The SMILES string of the molecule is O=C(NCc1ccccc1CN1CCCCCC1)N1CCCC(c2ccn[nH]2)C1. The number of rotatable bonds is 5. The molecule has 2 fully saturated rings. The Hall–Kier alpha value is -2.34. The van der Waals surface area contributed by atoms with Gasteiger partial charge in [-0.3, -0.25) is 10.00 Å². The van der Waals surface area contributed by atoms with E-state index in [9.17, 15) is 4.79 Å². The van der Waals surface area contributed by atoms with E-state index in [0.717, 1.165) is 38.2 Å². The second-order valence-electron chi connectivity index (χ2n) is 8.41. The molecule has 6 heteroatoms. The highest BCUT2D eigenvalue weighted by Crippen LogP contribution is 2.25. The van der Waals surface area contributed by atoms with Crippen molar-refractivity contribution in [1.82, 2.24) is 25.3 Å². The fourth-order valence-corrected chi connectivity index (χ4v) is 4.61. The summed E-state index contributed by atoms with van der Waals surface area (Å²) in [5.41, 5.74) is 3.70. The number of carbonyl (C=O) groups excluding carboxylic acids is 1. The molecule has 2 saturated heterocycles. The van der Waals surface area contributed by atoms with Gasteiger partial charge in [-0.1, -0.05) is 37.1 Å². The van der Waals surface area contributed by atoms with Crippen LogP contribution in [0.25, 0.3) is 0 Å². The van der Waals surface area contributed by atoms with Gasteiger partial charge in [0.05, 0.1) is 0 Å². The molecule has 0 bridgehead atoms. The van der Waals surface area contributed by atoms with Gasteiger partial charge in [0.25, 0.3) is 0 Å². The quantitative estimate of drug-likeness (QED) is 0.808. The minimum absolute atomic E-state index is 0.0405. The average Bonchev–Trinajstić information content (AvgIpc) is 3.18. The highest BCUT2D eigenvalue weighted by molar-refractivity contribution is 5.74. The lowest BCUT2D eigenvalue weighted by atomic mass is 9.95. The van der Waals surface area contributed by atoms with Crippen molar-refractivity contribution in [2.24, 2.45) is 0 Å². The van der Waals surface area contributed by atoms with Gasteiger partial charge in [0.2, 0.25) is 0 Å². The number of aromatic nitrogens is 2. The number of H-pyrrole nitrogens is 1. The van der Waals surface area contributed by atoms with Crippen molar-refractivity contribution in [2.75, 3.05) is 26.2 Å². The fraction of sp³-hybridized carbons (Fsp3) is 0.565. The van der Waals surface area contributed by atoms with Gasteiger partial charge in [-0.05, 0) is 56.0 Å². The Bertz CT molecular complexity index is 767. The van der Waals surface area contributed by atoms with Crippen LogP contribution in [0.1, 0.15) is 61.3 Å². The minimum Gasteiger partial charge on any atom is -0.334 e. The van der Waals surface area contributed by atoms with Crippen molar-refractivity contribution >= 4 is 6.03 Å². The van der Waals surface area contributed by atoms with E-state index < -0.39 is 0 Å². The third-order valence-electron chi connectivity index (χ3n) is 6.31. The molecule has 3 heterocycles. The summed E-state index contributed by atoms with van der Waals surface area (Å²) in [5, 5.41) is 10.3. The number of urea groups is 1. The van der Waals surface area contributed by atoms with Gasteiger partial charge in [-0.2, -0.15) is 5.10 Å². The molecule has 1 unspecified atom stereocenters. The van der Waals surface area contributed by atoms with Crippen LogP contribution in [0.2, 0.25) is 0 Å². The molecule has 6 nitrogen and oxygen atoms in total. The maximum atomic E-state index is 12.8. The molecule has 2 aliphatic rings. The van der Waals surface area contributed by atoms with Crippen molar-refractivity contribution in [3.63, 3.8) is 0 Å². The fourth-order valence-electron chi connectivity index (χ4n) is 4.61. The Morgan fingerprint density at radius 2 is 1.83 bits per heavy atom. The number of nitrogens with zero attached hydrogens (tertiary/aromatic N) is 3. The molecule has 1 aromatic heterocycles. The first-order chi connectivity index (χ1) is 14.3. The van der Waals surface area contributed by atoms with E-state index in [1.807, 2.05) is 11.0 Å². The van der Waals surface area contributed by atoms with E-state index in [1.165, 1.54) is 49.9 Å². The zero-order valence-electron chi connectivity index (χ0n) is 17.3. The van der Waals surface area contributed by atoms with Gasteiger partial charge in [-0.25, -0.2) is 4.79 Å². The Balaban J connectivity index is 1.33. The number of piperidine rings is 1. The van der Waals surface area contributed by atoms with Crippen molar-refractivity contribution in [1.29, 1.82) is 0 Å². The number of amides is 2. The summed E-state index contributed by atoms with van der Waals surface area (Å²) in [6, 6.07) is 10.6. The van der Waals surface area contributed by atoms with Crippen LogP contribution >= 0.6 is 0 Å². The highest BCUT2D eigenvalue weighted by atomic mass is 16.2. The summed E-state index contributed by atoms with van der Waals surface area (Å²) in [5.74, 6) is 0.354. The first-order valence-corrected chi connectivity index (χ1v) is 11.1. The van der Waals surface area contributed by atoms with Crippen LogP contribution in [0.3, 0.4) is 0 Å². The molecule has 4 rings (SSSR count). The van der Waals surface area contributed by atoms with Gasteiger partial charge in [0.1, 0.15) is 0 Å². The van der Waals surface area contributed by atoms with Gasteiger partial charge in [0.15, 0.2) is 0 Å². The molecule has 0 aliphatic carbocycles.